The quantitative estimate of drug-likeness (QED) is 0.632. The molecular formula is C19H31NO3S. The molecule has 0 radical (unpaired) electrons. The second-order valence-corrected chi connectivity index (χ2v) is 9.16. The average molecular weight is 354 g/mol. The van der Waals surface area contributed by atoms with E-state index in [1.807, 2.05) is 6.07 Å². The Morgan fingerprint density at radius 1 is 1.04 bits per heavy atom. The van der Waals surface area contributed by atoms with Crippen molar-refractivity contribution in [1.29, 1.82) is 0 Å². The third-order valence-electron chi connectivity index (χ3n) is 4.65. The molecule has 0 amide bonds. The first-order valence-electron chi connectivity index (χ1n) is 9.12. The van der Waals surface area contributed by atoms with Gasteiger partial charge in [0, 0.05) is 0 Å². The number of sulfone groups is 1. The third-order valence-corrected chi connectivity index (χ3v) is 6.95. The van der Waals surface area contributed by atoms with Crippen molar-refractivity contribution in [2.45, 2.75) is 61.5 Å². The fraction of sp³-hybridized carbons (Fsp3) is 0.684. The van der Waals surface area contributed by atoms with Crippen molar-refractivity contribution in [2.75, 3.05) is 27.2 Å². The maximum absolute atomic E-state index is 12.9. The Bertz CT molecular complexity index is 592. The minimum absolute atomic E-state index is 0.240. The fourth-order valence-electron chi connectivity index (χ4n) is 3.25. The van der Waals surface area contributed by atoms with Gasteiger partial charge in [-0.3, -0.25) is 0 Å². The van der Waals surface area contributed by atoms with Gasteiger partial charge >= 0.3 is 0 Å². The van der Waals surface area contributed by atoms with Gasteiger partial charge in [-0.15, -0.1) is 0 Å². The number of nitrogens with zero attached hydrogens (tertiary/aromatic N) is 1. The first-order chi connectivity index (χ1) is 11.5. The zero-order valence-electron chi connectivity index (χ0n) is 15.0. The number of ether oxygens (including phenoxy) is 1. The highest BCUT2D eigenvalue weighted by molar-refractivity contribution is 7.92. The van der Waals surface area contributed by atoms with Gasteiger partial charge in [0.25, 0.3) is 0 Å². The van der Waals surface area contributed by atoms with Crippen molar-refractivity contribution in [1.82, 2.24) is 4.90 Å². The number of hydrogen-bond donors (Lipinski definition) is 0. The van der Waals surface area contributed by atoms with Crippen molar-refractivity contribution in [3.63, 3.8) is 0 Å². The van der Waals surface area contributed by atoms with Crippen molar-refractivity contribution >= 4 is 9.84 Å². The van der Waals surface area contributed by atoms with Gasteiger partial charge in [-0.25, -0.2) is 8.42 Å². The second kappa shape index (κ2) is 9.42. The van der Waals surface area contributed by atoms with Crippen LogP contribution in [-0.2, 0) is 9.84 Å². The summed E-state index contributed by atoms with van der Waals surface area (Å²) in [5, 5.41) is -0.240. The van der Waals surface area contributed by atoms with E-state index in [9.17, 15) is 8.42 Å². The monoisotopic (exact) mass is 353 g/mol. The lowest BCUT2D eigenvalue weighted by molar-refractivity contribution is 0.292. The minimum Gasteiger partial charge on any atom is -0.492 e. The number of benzene rings is 1. The normalized spacial score (nSPS) is 16.5. The van der Waals surface area contributed by atoms with E-state index in [0.29, 0.717) is 17.3 Å². The highest BCUT2D eigenvalue weighted by Gasteiger charge is 2.31. The summed E-state index contributed by atoms with van der Waals surface area (Å²) in [6.45, 7) is 1.65. The fourth-order valence-corrected chi connectivity index (χ4v) is 5.24. The lowest BCUT2D eigenvalue weighted by atomic mass is 10.0. The summed E-state index contributed by atoms with van der Waals surface area (Å²) in [6.07, 6.45) is 7.91. The van der Waals surface area contributed by atoms with E-state index in [1.54, 1.807) is 18.2 Å². The zero-order valence-corrected chi connectivity index (χ0v) is 15.9. The van der Waals surface area contributed by atoms with Crippen molar-refractivity contribution in [2.24, 2.45) is 0 Å². The first-order valence-corrected chi connectivity index (χ1v) is 10.7. The van der Waals surface area contributed by atoms with Gasteiger partial charge < -0.3 is 9.64 Å². The molecule has 136 valence electrons. The Labute approximate surface area is 147 Å². The van der Waals surface area contributed by atoms with Crippen LogP contribution in [0.15, 0.2) is 29.2 Å². The summed E-state index contributed by atoms with van der Waals surface area (Å²) in [4.78, 5) is 2.55. The van der Waals surface area contributed by atoms with Crippen LogP contribution in [0.5, 0.6) is 5.75 Å². The van der Waals surface area contributed by atoms with E-state index in [1.165, 1.54) is 0 Å². The molecule has 1 saturated carbocycles. The smallest absolute Gasteiger partial charge is 0.184 e. The Morgan fingerprint density at radius 2 is 1.75 bits per heavy atom. The molecule has 0 atom stereocenters. The predicted molar refractivity (Wildman–Crippen MR) is 98.4 cm³/mol. The van der Waals surface area contributed by atoms with E-state index in [4.69, 9.17) is 4.74 Å². The van der Waals surface area contributed by atoms with Crippen LogP contribution in [0.4, 0.5) is 0 Å². The summed E-state index contributed by atoms with van der Waals surface area (Å²) < 4.78 is 31.7. The van der Waals surface area contributed by atoms with Crippen LogP contribution in [0.2, 0.25) is 0 Å². The first kappa shape index (κ1) is 19.3. The van der Waals surface area contributed by atoms with Crippen LogP contribution >= 0.6 is 0 Å². The lowest BCUT2D eigenvalue weighted by Gasteiger charge is -2.23. The van der Waals surface area contributed by atoms with Crippen LogP contribution in [0, 0.1) is 0 Å². The Kier molecular flexibility index (Phi) is 7.56. The highest BCUT2D eigenvalue weighted by Crippen LogP contribution is 2.33. The molecule has 0 spiro atoms. The molecule has 1 aliphatic rings. The largest absolute Gasteiger partial charge is 0.492 e. The van der Waals surface area contributed by atoms with E-state index >= 15 is 0 Å². The van der Waals surface area contributed by atoms with Gasteiger partial charge in [0.1, 0.15) is 10.6 Å². The Hall–Kier alpha value is -1.07. The molecule has 1 aliphatic carbocycles. The maximum atomic E-state index is 12.9. The van der Waals surface area contributed by atoms with Crippen molar-refractivity contribution < 1.29 is 13.2 Å². The van der Waals surface area contributed by atoms with Gasteiger partial charge in [-0.2, -0.15) is 0 Å². The number of unbranched alkanes of at least 4 members (excludes halogenated alkanes) is 2. The van der Waals surface area contributed by atoms with E-state index in [-0.39, 0.29) is 5.25 Å². The molecule has 1 fully saturated rings. The van der Waals surface area contributed by atoms with Crippen molar-refractivity contribution in [3.05, 3.63) is 24.3 Å². The van der Waals surface area contributed by atoms with Crippen LogP contribution in [0.1, 0.15) is 51.4 Å². The molecule has 0 aliphatic heterocycles. The zero-order chi connectivity index (χ0) is 17.4. The molecule has 0 aromatic heterocycles. The van der Waals surface area contributed by atoms with Gasteiger partial charge in [0.15, 0.2) is 9.84 Å². The molecule has 1 aromatic rings. The molecule has 2 rings (SSSR count). The summed E-state index contributed by atoms with van der Waals surface area (Å²) >= 11 is 0. The molecule has 0 bridgehead atoms. The number of hydrogen-bond acceptors (Lipinski definition) is 4. The van der Waals surface area contributed by atoms with Gasteiger partial charge in [0.2, 0.25) is 0 Å². The number of para-hydroxylation sites is 1. The SMILES string of the molecule is CN(C)CCCCCOc1ccccc1S(=O)(=O)C1CCCCC1. The van der Waals surface area contributed by atoms with Gasteiger partial charge in [0.05, 0.1) is 11.9 Å². The third kappa shape index (κ3) is 5.49. The van der Waals surface area contributed by atoms with Gasteiger partial charge in [-0.05, 0) is 64.9 Å². The minimum atomic E-state index is -3.28. The maximum Gasteiger partial charge on any atom is 0.184 e. The van der Waals surface area contributed by atoms with Crippen LogP contribution in [0.25, 0.3) is 0 Å². The molecule has 4 nitrogen and oxygen atoms in total. The molecule has 0 saturated heterocycles. The molecular weight excluding hydrogens is 322 g/mol. The van der Waals surface area contributed by atoms with E-state index in [0.717, 1.165) is 57.9 Å². The standard InChI is InChI=1S/C19H31NO3S/c1-20(2)15-9-4-10-16-23-18-13-7-8-14-19(18)24(21,22)17-11-5-3-6-12-17/h7-8,13-14,17H,3-6,9-12,15-16H2,1-2H3. The average Bonchev–Trinajstić information content (AvgIpc) is 2.59. The molecule has 0 heterocycles. The Morgan fingerprint density at radius 3 is 2.46 bits per heavy atom. The summed E-state index contributed by atoms with van der Waals surface area (Å²) in [7, 11) is 0.862. The molecule has 0 unspecified atom stereocenters. The second-order valence-electron chi connectivity index (χ2n) is 6.96. The summed E-state index contributed by atoms with van der Waals surface area (Å²) in [5.74, 6) is 0.524. The summed E-state index contributed by atoms with van der Waals surface area (Å²) in [5.41, 5.74) is 0. The molecule has 24 heavy (non-hydrogen) atoms. The van der Waals surface area contributed by atoms with Gasteiger partial charge in [-0.1, -0.05) is 31.4 Å². The lowest BCUT2D eigenvalue weighted by Crippen LogP contribution is -2.24. The predicted octanol–water partition coefficient (Wildman–Crippen LogP) is 3.90. The van der Waals surface area contributed by atoms with Crippen LogP contribution < -0.4 is 4.74 Å². The van der Waals surface area contributed by atoms with Crippen molar-refractivity contribution in [3.8, 4) is 5.75 Å². The van der Waals surface area contributed by atoms with Crippen LogP contribution in [0.3, 0.4) is 0 Å². The van der Waals surface area contributed by atoms with Crippen LogP contribution in [-0.4, -0.2) is 45.8 Å². The topological polar surface area (TPSA) is 46.6 Å². The molecule has 5 heteroatoms. The Balaban J connectivity index is 1.94. The summed E-state index contributed by atoms with van der Waals surface area (Å²) in [6, 6.07) is 7.13. The van der Waals surface area contributed by atoms with E-state index < -0.39 is 9.84 Å². The molecule has 1 aromatic carbocycles. The molecule has 0 N–H and O–H groups in total. The van der Waals surface area contributed by atoms with E-state index in [2.05, 4.69) is 19.0 Å². The number of rotatable bonds is 9. The highest BCUT2D eigenvalue weighted by atomic mass is 32.2.